The molecule has 4 heteroatoms. The fourth-order valence-corrected chi connectivity index (χ4v) is 2.16. The molecule has 0 spiro atoms. The summed E-state index contributed by atoms with van der Waals surface area (Å²) in [6.45, 7) is 2.83. The number of aryl methyl sites for hydroxylation is 1. The van der Waals surface area contributed by atoms with E-state index in [1.54, 1.807) is 0 Å². The number of hydrogen-bond acceptors (Lipinski definition) is 3. The smallest absolute Gasteiger partial charge is 0.238 e. The maximum atomic E-state index is 11.9. The number of aliphatic hydroxyl groups excluding tert-OH is 1. The van der Waals surface area contributed by atoms with E-state index in [9.17, 15) is 9.90 Å². The summed E-state index contributed by atoms with van der Waals surface area (Å²) in [7, 11) is 1.86. The van der Waals surface area contributed by atoms with Gasteiger partial charge in [-0.25, -0.2) is 0 Å². The highest BCUT2D eigenvalue weighted by molar-refractivity contribution is 5.92. The van der Waals surface area contributed by atoms with Crippen LogP contribution in [0.1, 0.15) is 18.4 Å². The molecule has 2 rings (SSSR count). The molecule has 1 atom stereocenters. The number of aliphatic hydroxyl groups is 1. The molecule has 0 heterocycles. The number of nitrogens with one attached hydrogen (secondary N) is 1. The van der Waals surface area contributed by atoms with Crippen molar-refractivity contribution in [3.63, 3.8) is 0 Å². The second-order valence-corrected chi connectivity index (χ2v) is 5.46. The minimum atomic E-state index is -0.295. The minimum absolute atomic E-state index is 0.0419. The number of likely N-dealkylation sites (N-methyl/N-ethyl adjacent to an activating group) is 1. The van der Waals surface area contributed by atoms with Crippen LogP contribution in [0.2, 0.25) is 0 Å². The maximum absolute atomic E-state index is 11.9. The Morgan fingerprint density at radius 1 is 1.47 bits per heavy atom. The van der Waals surface area contributed by atoms with Crippen LogP contribution in [0.25, 0.3) is 0 Å². The van der Waals surface area contributed by atoms with Crippen molar-refractivity contribution in [3.05, 3.63) is 29.8 Å². The SMILES string of the molecule is Cc1ccccc1NC(=O)CN(C)CC(O)C1CC1. The molecule has 4 nitrogen and oxygen atoms in total. The van der Waals surface area contributed by atoms with Crippen molar-refractivity contribution in [1.82, 2.24) is 4.90 Å². The van der Waals surface area contributed by atoms with E-state index in [1.807, 2.05) is 43.1 Å². The molecule has 1 aromatic carbocycles. The third-order valence-corrected chi connectivity index (χ3v) is 3.50. The zero-order chi connectivity index (χ0) is 13.8. The van der Waals surface area contributed by atoms with Crippen LogP contribution >= 0.6 is 0 Å². The van der Waals surface area contributed by atoms with Crippen molar-refractivity contribution >= 4 is 11.6 Å². The lowest BCUT2D eigenvalue weighted by atomic mass is 10.2. The molecular weight excluding hydrogens is 240 g/mol. The summed E-state index contributed by atoms with van der Waals surface area (Å²) >= 11 is 0. The van der Waals surface area contributed by atoms with E-state index in [0.29, 0.717) is 19.0 Å². The van der Waals surface area contributed by atoms with Gasteiger partial charge in [0.15, 0.2) is 0 Å². The van der Waals surface area contributed by atoms with Gasteiger partial charge in [-0.05, 0) is 44.4 Å². The number of benzene rings is 1. The summed E-state index contributed by atoms with van der Waals surface area (Å²) in [5.41, 5.74) is 1.90. The van der Waals surface area contributed by atoms with Crippen molar-refractivity contribution in [1.29, 1.82) is 0 Å². The number of para-hydroxylation sites is 1. The standard InChI is InChI=1S/C15H22N2O2/c1-11-5-3-4-6-13(11)16-15(19)10-17(2)9-14(18)12-7-8-12/h3-6,12,14,18H,7-10H2,1-2H3,(H,16,19). The van der Waals surface area contributed by atoms with Gasteiger partial charge in [-0.3, -0.25) is 9.69 Å². The molecule has 0 saturated heterocycles. The van der Waals surface area contributed by atoms with Gasteiger partial charge in [0.1, 0.15) is 0 Å². The molecule has 1 fully saturated rings. The van der Waals surface area contributed by atoms with Crippen molar-refractivity contribution in [2.45, 2.75) is 25.9 Å². The Labute approximate surface area is 114 Å². The first-order valence-corrected chi connectivity index (χ1v) is 6.78. The summed E-state index contributed by atoms with van der Waals surface area (Å²) in [6, 6.07) is 7.72. The summed E-state index contributed by atoms with van der Waals surface area (Å²) in [5, 5.41) is 12.7. The minimum Gasteiger partial charge on any atom is -0.392 e. The first-order valence-electron chi connectivity index (χ1n) is 6.78. The van der Waals surface area contributed by atoms with E-state index in [-0.39, 0.29) is 12.0 Å². The molecule has 1 aliphatic rings. The Kier molecular flexibility index (Phi) is 4.56. The summed E-state index contributed by atoms with van der Waals surface area (Å²) in [6.07, 6.45) is 1.94. The van der Waals surface area contributed by atoms with Gasteiger partial charge < -0.3 is 10.4 Å². The Balaban J connectivity index is 1.78. The number of carbonyl (C=O) groups is 1. The van der Waals surface area contributed by atoms with Crippen LogP contribution in [0.4, 0.5) is 5.69 Å². The molecule has 2 N–H and O–H groups in total. The van der Waals surface area contributed by atoms with Crippen molar-refractivity contribution < 1.29 is 9.90 Å². The molecule has 19 heavy (non-hydrogen) atoms. The van der Waals surface area contributed by atoms with E-state index in [4.69, 9.17) is 0 Å². The van der Waals surface area contributed by atoms with Gasteiger partial charge in [0, 0.05) is 12.2 Å². The van der Waals surface area contributed by atoms with E-state index in [0.717, 1.165) is 24.1 Å². The zero-order valence-electron chi connectivity index (χ0n) is 11.6. The van der Waals surface area contributed by atoms with Crippen LogP contribution in [-0.2, 0) is 4.79 Å². The van der Waals surface area contributed by atoms with Crippen LogP contribution < -0.4 is 5.32 Å². The molecule has 0 radical (unpaired) electrons. The van der Waals surface area contributed by atoms with Crippen LogP contribution in [-0.4, -0.2) is 42.2 Å². The van der Waals surface area contributed by atoms with Crippen molar-refractivity contribution in [2.75, 3.05) is 25.5 Å². The first-order chi connectivity index (χ1) is 9.06. The third kappa shape index (κ3) is 4.33. The highest BCUT2D eigenvalue weighted by atomic mass is 16.3. The topological polar surface area (TPSA) is 52.6 Å². The number of rotatable bonds is 6. The average molecular weight is 262 g/mol. The van der Waals surface area contributed by atoms with Crippen LogP contribution in [0.15, 0.2) is 24.3 Å². The maximum Gasteiger partial charge on any atom is 0.238 e. The molecular formula is C15H22N2O2. The zero-order valence-corrected chi connectivity index (χ0v) is 11.6. The summed E-state index contributed by atoms with van der Waals surface area (Å²) in [4.78, 5) is 13.8. The van der Waals surface area contributed by atoms with Gasteiger partial charge >= 0.3 is 0 Å². The molecule has 104 valence electrons. The van der Waals surface area contributed by atoms with Gasteiger partial charge in [0.05, 0.1) is 12.6 Å². The van der Waals surface area contributed by atoms with E-state index >= 15 is 0 Å². The lowest BCUT2D eigenvalue weighted by molar-refractivity contribution is -0.117. The molecule has 0 bridgehead atoms. The van der Waals surface area contributed by atoms with Crippen LogP contribution in [0.3, 0.4) is 0 Å². The second-order valence-electron chi connectivity index (χ2n) is 5.46. The normalized spacial score (nSPS) is 16.4. The van der Waals surface area contributed by atoms with Gasteiger partial charge in [-0.15, -0.1) is 0 Å². The quantitative estimate of drug-likeness (QED) is 0.819. The number of amides is 1. The Morgan fingerprint density at radius 3 is 2.79 bits per heavy atom. The molecule has 0 aromatic heterocycles. The predicted molar refractivity (Wildman–Crippen MR) is 76.0 cm³/mol. The van der Waals surface area contributed by atoms with Gasteiger partial charge in [-0.2, -0.15) is 0 Å². The molecule has 1 aromatic rings. The van der Waals surface area contributed by atoms with Crippen molar-refractivity contribution in [3.8, 4) is 0 Å². The fourth-order valence-electron chi connectivity index (χ4n) is 2.16. The molecule has 0 aliphatic heterocycles. The van der Waals surface area contributed by atoms with Crippen molar-refractivity contribution in [2.24, 2.45) is 5.92 Å². The lowest BCUT2D eigenvalue weighted by Gasteiger charge is -2.20. The molecule has 1 unspecified atom stereocenters. The number of carbonyl (C=O) groups excluding carboxylic acids is 1. The summed E-state index contributed by atoms with van der Waals surface area (Å²) < 4.78 is 0. The highest BCUT2D eigenvalue weighted by Crippen LogP contribution is 2.32. The van der Waals surface area contributed by atoms with Crippen LogP contribution in [0, 0.1) is 12.8 Å². The second kappa shape index (κ2) is 6.17. The Morgan fingerprint density at radius 2 is 2.16 bits per heavy atom. The lowest BCUT2D eigenvalue weighted by Crippen LogP contribution is -2.36. The number of nitrogens with zero attached hydrogens (tertiary/aromatic N) is 1. The Hall–Kier alpha value is -1.39. The summed E-state index contributed by atoms with van der Waals surface area (Å²) in [5.74, 6) is 0.404. The number of anilines is 1. The third-order valence-electron chi connectivity index (χ3n) is 3.50. The van der Waals surface area contributed by atoms with Crippen LogP contribution in [0.5, 0.6) is 0 Å². The van der Waals surface area contributed by atoms with Gasteiger partial charge in [-0.1, -0.05) is 18.2 Å². The Bertz CT molecular complexity index is 444. The molecule has 1 saturated carbocycles. The first kappa shape index (κ1) is 14.0. The van der Waals surface area contributed by atoms with E-state index < -0.39 is 0 Å². The monoisotopic (exact) mass is 262 g/mol. The van der Waals surface area contributed by atoms with Gasteiger partial charge in [0.25, 0.3) is 0 Å². The predicted octanol–water partition coefficient (Wildman–Crippen LogP) is 1.64. The largest absolute Gasteiger partial charge is 0.392 e. The molecule has 1 aliphatic carbocycles. The fraction of sp³-hybridized carbons (Fsp3) is 0.533. The van der Waals surface area contributed by atoms with Gasteiger partial charge in [0.2, 0.25) is 5.91 Å². The van der Waals surface area contributed by atoms with E-state index in [1.165, 1.54) is 0 Å². The number of hydrogen-bond donors (Lipinski definition) is 2. The highest BCUT2D eigenvalue weighted by Gasteiger charge is 2.30. The molecule has 1 amide bonds. The van der Waals surface area contributed by atoms with E-state index in [2.05, 4.69) is 5.32 Å². The average Bonchev–Trinajstić information content (AvgIpc) is 3.15.